The first kappa shape index (κ1) is 13.5. The summed E-state index contributed by atoms with van der Waals surface area (Å²) < 4.78 is 6.00. The van der Waals surface area contributed by atoms with E-state index in [0.717, 1.165) is 4.47 Å². The summed E-state index contributed by atoms with van der Waals surface area (Å²) in [6.07, 6.45) is 4.37. The van der Waals surface area contributed by atoms with E-state index in [1.807, 2.05) is 0 Å². The summed E-state index contributed by atoms with van der Waals surface area (Å²) in [6.45, 7) is 1.03. The Kier molecular flexibility index (Phi) is 4.31. The van der Waals surface area contributed by atoms with Crippen molar-refractivity contribution >= 4 is 21.8 Å². The number of aliphatic hydroxyl groups excluding tert-OH is 1. The van der Waals surface area contributed by atoms with E-state index in [4.69, 9.17) is 4.74 Å². The number of ether oxygens (including phenoxy) is 1. The van der Waals surface area contributed by atoms with Gasteiger partial charge in [-0.05, 0) is 34.8 Å². The molecule has 2 heterocycles. The second-order valence-electron chi connectivity index (χ2n) is 4.40. The molecule has 0 unspecified atom stereocenters. The zero-order chi connectivity index (χ0) is 13.0. The predicted octanol–water partition coefficient (Wildman–Crippen LogP) is 1.12. The van der Waals surface area contributed by atoms with Gasteiger partial charge in [0.05, 0.1) is 17.7 Å². The third-order valence-electron chi connectivity index (χ3n) is 3.10. The summed E-state index contributed by atoms with van der Waals surface area (Å²) in [7, 11) is 0. The Bertz CT molecular complexity index is 433. The topological polar surface area (TPSA) is 71.5 Å². The van der Waals surface area contributed by atoms with E-state index in [1.165, 1.54) is 6.20 Å². The van der Waals surface area contributed by atoms with Crippen LogP contribution in [-0.4, -0.2) is 41.4 Å². The van der Waals surface area contributed by atoms with Crippen molar-refractivity contribution in [1.29, 1.82) is 0 Å². The Morgan fingerprint density at radius 3 is 2.83 bits per heavy atom. The van der Waals surface area contributed by atoms with E-state index in [1.54, 1.807) is 12.3 Å². The molecule has 0 saturated carbocycles. The average molecular weight is 315 g/mol. The number of hydrogen-bond acceptors (Lipinski definition) is 4. The van der Waals surface area contributed by atoms with Crippen LogP contribution in [0.15, 0.2) is 22.9 Å². The number of pyridine rings is 1. The number of aliphatic hydroxyl groups is 1. The highest BCUT2D eigenvalue weighted by molar-refractivity contribution is 9.10. The maximum absolute atomic E-state index is 12.1. The molecule has 2 rings (SSSR count). The smallest absolute Gasteiger partial charge is 0.253 e. The molecule has 0 spiro atoms. The second kappa shape index (κ2) is 5.77. The van der Waals surface area contributed by atoms with Gasteiger partial charge < -0.3 is 15.2 Å². The lowest BCUT2D eigenvalue weighted by Gasteiger charge is -2.36. The maximum Gasteiger partial charge on any atom is 0.253 e. The van der Waals surface area contributed by atoms with Crippen molar-refractivity contribution in [1.82, 2.24) is 10.3 Å². The fraction of sp³-hybridized carbons (Fsp3) is 0.500. The SMILES string of the molecule is O=C(NC1(CO)CCOCC1)c1cncc(Br)c1. The minimum Gasteiger partial charge on any atom is -0.394 e. The molecule has 1 fully saturated rings. The predicted molar refractivity (Wildman–Crippen MR) is 69.3 cm³/mol. The molecule has 18 heavy (non-hydrogen) atoms. The van der Waals surface area contributed by atoms with E-state index in [-0.39, 0.29) is 12.5 Å². The van der Waals surface area contributed by atoms with Crippen LogP contribution in [0.5, 0.6) is 0 Å². The van der Waals surface area contributed by atoms with Crippen LogP contribution >= 0.6 is 15.9 Å². The molecular weight excluding hydrogens is 300 g/mol. The molecule has 1 aliphatic heterocycles. The van der Waals surface area contributed by atoms with Gasteiger partial charge in [0.1, 0.15) is 0 Å². The molecule has 1 aromatic rings. The lowest BCUT2D eigenvalue weighted by atomic mass is 9.90. The van der Waals surface area contributed by atoms with Crippen LogP contribution < -0.4 is 5.32 Å². The van der Waals surface area contributed by atoms with E-state index in [2.05, 4.69) is 26.2 Å². The normalized spacial score (nSPS) is 18.3. The van der Waals surface area contributed by atoms with E-state index >= 15 is 0 Å². The van der Waals surface area contributed by atoms with Crippen LogP contribution in [0.4, 0.5) is 0 Å². The first-order chi connectivity index (χ1) is 8.65. The third-order valence-corrected chi connectivity index (χ3v) is 3.53. The Hall–Kier alpha value is -0.980. The van der Waals surface area contributed by atoms with Crippen LogP contribution in [0.25, 0.3) is 0 Å². The van der Waals surface area contributed by atoms with Gasteiger partial charge in [0.15, 0.2) is 0 Å². The highest BCUT2D eigenvalue weighted by Gasteiger charge is 2.33. The maximum atomic E-state index is 12.1. The molecule has 5 nitrogen and oxygen atoms in total. The molecule has 98 valence electrons. The molecule has 1 amide bonds. The molecule has 1 saturated heterocycles. The lowest BCUT2D eigenvalue weighted by molar-refractivity contribution is 0.0125. The van der Waals surface area contributed by atoms with Crippen molar-refractivity contribution in [2.24, 2.45) is 0 Å². The van der Waals surface area contributed by atoms with Crippen molar-refractivity contribution in [3.05, 3.63) is 28.5 Å². The second-order valence-corrected chi connectivity index (χ2v) is 5.31. The molecule has 0 aliphatic carbocycles. The molecule has 0 atom stereocenters. The summed E-state index contributed by atoms with van der Waals surface area (Å²) in [5.41, 5.74) is -0.0961. The highest BCUT2D eigenvalue weighted by atomic mass is 79.9. The van der Waals surface area contributed by atoms with Crippen molar-refractivity contribution in [3.63, 3.8) is 0 Å². The number of aromatic nitrogens is 1. The van der Waals surface area contributed by atoms with Crippen LogP contribution in [0.3, 0.4) is 0 Å². The van der Waals surface area contributed by atoms with Gasteiger partial charge in [0.25, 0.3) is 5.91 Å². The van der Waals surface area contributed by atoms with Crippen molar-refractivity contribution in [2.45, 2.75) is 18.4 Å². The number of rotatable bonds is 3. The molecule has 2 N–H and O–H groups in total. The summed E-state index contributed by atoms with van der Waals surface area (Å²) in [5.74, 6) is -0.222. The standard InChI is InChI=1S/C12H15BrN2O3/c13-10-5-9(6-14-7-10)11(17)15-12(8-16)1-3-18-4-2-12/h5-7,16H,1-4,8H2,(H,15,17). The van der Waals surface area contributed by atoms with E-state index < -0.39 is 5.54 Å². The van der Waals surface area contributed by atoms with E-state index in [9.17, 15) is 9.90 Å². The molecule has 0 bridgehead atoms. The lowest BCUT2D eigenvalue weighted by Crippen LogP contribution is -2.54. The summed E-state index contributed by atoms with van der Waals surface area (Å²) in [5, 5.41) is 12.4. The number of carbonyl (C=O) groups excluding carboxylic acids is 1. The number of halogens is 1. The summed E-state index contributed by atoms with van der Waals surface area (Å²) >= 11 is 3.27. The van der Waals surface area contributed by atoms with Gasteiger partial charge in [-0.3, -0.25) is 9.78 Å². The van der Waals surface area contributed by atoms with Crippen LogP contribution in [0, 0.1) is 0 Å². The number of carbonyl (C=O) groups is 1. The zero-order valence-corrected chi connectivity index (χ0v) is 11.4. The Morgan fingerprint density at radius 2 is 2.22 bits per heavy atom. The largest absolute Gasteiger partial charge is 0.394 e. The van der Waals surface area contributed by atoms with Gasteiger partial charge in [-0.25, -0.2) is 0 Å². The minimum absolute atomic E-state index is 0.0798. The Balaban J connectivity index is 2.10. The van der Waals surface area contributed by atoms with Gasteiger partial charge in [0.2, 0.25) is 0 Å². The Morgan fingerprint density at radius 1 is 1.50 bits per heavy atom. The number of hydrogen-bond donors (Lipinski definition) is 2. The number of nitrogens with zero attached hydrogens (tertiary/aromatic N) is 1. The fourth-order valence-corrected chi connectivity index (χ4v) is 2.30. The summed E-state index contributed by atoms with van der Waals surface area (Å²) in [4.78, 5) is 16.1. The number of amides is 1. The zero-order valence-electron chi connectivity index (χ0n) is 9.86. The van der Waals surface area contributed by atoms with Crippen molar-refractivity contribution in [2.75, 3.05) is 19.8 Å². The van der Waals surface area contributed by atoms with Gasteiger partial charge >= 0.3 is 0 Å². The minimum atomic E-state index is -0.572. The van der Waals surface area contributed by atoms with Crippen LogP contribution in [-0.2, 0) is 4.74 Å². The highest BCUT2D eigenvalue weighted by Crippen LogP contribution is 2.21. The molecule has 6 heteroatoms. The molecular formula is C12H15BrN2O3. The summed E-state index contributed by atoms with van der Waals surface area (Å²) in [6, 6.07) is 1.70. The van der Waals surface area contributed by atoms with Gasteiger partial charge in [-0.15, -0.1) is 0 Å². The first-order valence-corrected chi connectivity index (χ1v) is 6.56. The van der Waals surface area contributed by atoms with Crippen LogP contribution in [0.2, 0.25) is 0 Å². The van der Waals surface area contributed by atoms with E-state index in [0.29, 0.717) is 31.6 Å². The van der Waals surface area contributed by atoms with Gasteiger partial charge in [-0.1, -0.05) is 0 Å². The quantitative estimate of drug-likeness (QED) is 0.877. The molecule has 1 aromatic heterocycles. The molecule has 0 aromatic carbocycles. The van der Waals surface area contributed by atoms with Crippen molar-refractivity contribution < 1.29 is 14.6 Å². The van der Waals surface area contributed by atoms with Gasteiger partial charge in [-0.2, -0.15) is 0 Å². The fourth-order valence-electron chi connectivity index (χ4n) is 1.93. The molecule has 0 radical (unpaired) electrons. The average Bonchev–Trinajstić information content (AvgIpc) is 2.40. The van der Waals surface area contributed by atoms with Crippen LogP contribution in [0.1, 0.15) is 23.2 Å². The third kappa shape index (κ3) is 3.07. The Labute approximate surface area is 114 Å². The molecule has 1 aliphatic rings. The monoisotopic (exact) mass is 314 g/mol. The van der Waals surface area contributed by atoms with Gasteiger partial charge in [0, 0.05) is 30.1 Å². The van der Waals surface area contributed by atoms with Crippen molar-refractivity contribution in [3.8, 4) is 0 Å². The first-order valence-electron chi connectivity index (χ1n) is 5.77. The number of nitrogens with one attached hydrogen (secondary N) is 1.